The number of hydrogen-bond donors (Lipinski definition) is 0. The summed E-state index contributed by atoms with van der Waals surface area (Å²) in [5.74, 6) is -3.51. The third-order valence-electron chi connectivity index (χ3n) is 3.90. The molecule has 0 amide bonds. The van der Waals surface area contributed by atoms with Gasteiger partial charge in [0.25, 0.3) is 0 Å². The van der Waals surface area contributed by atoms with E-state index in [-0.39, 0.29) is 25.4 Å². The average Bonchev–Trinajstić information content (AvgIpc) is 2.66. The molecule has 1 rings (SSSR count). The quantitative estimate of drug-likeness (QED) is 0.190. The number of carbonyl (C=O) groups is 5. The Morgan fingerprint density at radius 1 is 0.719 bits per heavy atom. The smallest absolute Gasteiger partial charge is 0.333 e. The van der Waals surface area contributed by atoms with Crippen LogP contribution in [0, 0.1) is 0 Å². The third-order valence-corrected chi connectivity index (χ3v) is 3.90. The maximum atomic E-state index is 11.7. The van der Waals surface area contributed by atoms with Gasteiger partial charge in [-0.3, -0.25) is 19.2 Å². The molecule has 0 radical (unpaired) electrons. The molecule has 0 unspecified atom stereocenters. The Morgan fingerprint density at radius 3 is 1.75 bits per heavy atom. The van der Waals surface area contributed by atoms with Crippen LogP contribution in [0.2, 0.25) is 0 Å². The number of rotatable bonds is 10. The number of esters is 5. The molecule has 0 spiro atoms. The van der Waals surface area contributed by atoms with Crippen molar-refractivity contribution in [1.82, 2.24) is 0 Å². The van der Waals surface area contributed by atoms with Crippen molar-refractivity contribution >= 4 is 29.8 Å². The van der Waals surface area contributed by atoms with Crippen LogP contribution in [0.4, 0.5) is 0 Å². The van der Waals surface area contributed by atoms with Gasteiger partial charge in [-0.15, -0.1) is 0 Å². The van der Waals surface area contributed by atoms with E-state index in [4.69, 9.17) is 33.2 Å². The second-order valence-corrected chi connectivity index (χ2v) is 6.85. The lowest BCUT2D eigenvalue weighted by Gasteiger charge is -2.44. The van der Waals surface area contributed by atoms with Gasteiger partial charge in [0.1, 0.15) is 19.3 Å². The maximum Gasteiger partial charge on any atom is 0.333 e. The fourth-order valence-electron chi connectivity index (χ4n) is 2.74. The lowest BCUT2D eigenvalue weighted by atomic mass is 9.98. The highest BCUT2D eigenvalue weighted by molar-refractivity contribution is 5.86. The summed E-state index contributed by atoms with van der Waals surface area (Å²) >= 11 is 0. The van der Waals surface area contributed by atoms with E-state index in [0.29, 0.717) is 0 Å². The first-order chi connectivity index (χ1) is 14.9. The van der Waals surface area contributed by atoms with Gasteiger partial charge in [0.2, 0.25) is 0 Å². The summed E-state index contributed by atoms with van der Waals surface area (Å²) < 4.78 is 36.9. The fraction of sp³-hybridized carbons (Fsp3) is 0.650. The Kier molecular flexibility index (Phi) is 10.8. The minimum atomic E-state index is -1.34. The van der Waals surface area contributed by atoms with Crippen molar-refractivity contribution in [3.8, 4) is 0 Å². The monoisotopic (exact) mass is 460 g/mol. The highest BCUT2D eigenvalue weighted by Crippen LogP contribution is 2.29. The lowest BCUT2D eigenvalue weighted by Crippen LogP contribution is -2.63. The summed E-state index contributed by atoms with van der Waals surface area (Å²) in [6.45, 7) is 8.69. The molecule has 1 fully saturated rings. The van der Waals surface area contributed by atoms with Crippen LogP contribution in [-0.4, -0.2) is 80.4 Å². The van der Waals surface area contributed by atoms with Crippen LogP contribution >= 0.6 is 0 Å². The molecule has 0 N–H and O–H groups in total. The molecule has 0 aliphatic carbocycles. The Balaban J connectivity index is 3.13. The summed E-state index contributed by atoms with van der Waals surface area (Å²) in [6.07, 6.45) is -6.41. The van der Waals surface area contributed by atoms with Gasteiger partial charge in [-0.1, -0.05) is 6.58 Å². The van der Waals surface area contributed by atoms with Crippen molar-refractivity contribution in [2.24, 2.45) is 0 Å². The van der Waals surface area contributed by atoms with Gasteiger partial charge in [0.15, 0.2) is 24.6 Å². The standard InChI is InChI=1S/C20H28O12/c1-10(2)19(25)26-7-8-27-20-18(31-14(6)24)17(30-13(5)23)16(29-12(4)22)15(32-20)9-28-11(3)21/h15-18,20H,1,7-9H2,2-6H3/t15-,16+,17+,18-,20+/m1/s1. The predicted molar refractivity (Wildman–Crippen MR) is 104 cm³/mol. The van der Waals surface area contributed by atoms with E-state index in [1.165, 1.54) is 13.8 Å². The average molecular weight is 460 g/mol. The summed E-state index contributed by atoms with van der Waals surface area (Å²) in [6, 6.07) is 0. The Hall–Kier alpha value is -2.99. The van der Waals surface area contributed by atoms with E-state index in [0.717, 1.165) is 20.8 Å². The van der Waals surface area contributed by atoms with E-state index >= 15 is 0 Å². The Morgan fingerprint density at radius 2 is 1.25 bits per heavy atom. The molecule has 0 saturated carbocycles. The number of carbonyl (C=O) groups excluding carboxylic acids is 5. The molecule has 12 nitrogen and oxygen atoms in total. The molecule has 0 aromatic carbocycles. The SMILES string of the molecule is C=C(C)C(=O)OCCO[C@H]1O[C@H](COC(C)=O)[C@H](OC(C)=O)[C@H](OC(C)=O)[C@H]1OC(C)=O. The van der Waals surface area contributed by atoms with Crippen LogP contribution < -0.4 is 0 Å². The predicted octanol–water partition coefficient (Wildman–Crippen LogP) is 0.205. The van der Waals surface area contributed by atoms with Crippen LogP contribution in [-0.2, 0) is 57.1 Å². The molecule has 1 saturated heterocycles. The van der Waals surface area contributed by atoms with E-state index < -0.39 is 60.6 Å². The van der Waals surface area contributed by atoms with E-state index in [1.807, 2.05) is 0 Å². The summed E-state index contributed by atoms with van der Waals surface area (Å²) in [5.41, 5.74) is 0.192. The van der Waals surface area contributed by atoms with Gasteiger partial charge in [-0.2, -0.15) is 0 Å². The van der Waals surface area contributed by atoms with Gasteiger partial charge >= 0.3 is 29.8 Å². The largest absolute Gasteiger partial charge is 0.463 e. The lowest BCUT2D eigenvalue weighted by molar-refractivity contribution is -0.309. The Bertz CT molecular complexity index is 730. The zero-order chi connectivity index (χ0) is 24.4. The number of ether oxygens (including phenoxy) is 7. The van der Waals surface area contributed by atoms with Crippen LogP contribution in [0.5, 0.6) is 0 Å². The zero-order valence-electron chi connectivity index (χ0n) is 18.6. The van der Waals surface area contributed by atoms with Gasteiger partial charge in [-0.25, -0.2) is 4.79 Å². The molecule has 0 aromatic rings. The van der Waals surface area contributed by atoms with Crippen LogP contribution in [0.15, 0.2) is 12.2 Å². The first-order valence-electron chi connectivity index (χ1n) is 9.67. The van der Waals surface area contributed by atoms with E-state index in [9.17, 15) is 24.0 Å². The normalized spacial score (nSPS) is 24.6. The molecule has 1 aliphatic rings. The maximum absolute atomic E-state index is 11.7. The van der Waals surface area contributed by atoms with Crippen LogP contribution in [0.1, 0.15) is 34.6 Å². The van der Waals surface area contributed by atoms with Crippen molar-refractivity contribution < 1.29 is 57.1 Å². The zero-order valence-corrected chi connectivity index (χ0v) is 18.6. The van der Waals surface area contributed by atoms with Crippen molar-refractivity contribution in [2.75, 3.05) is 19.8 Å². The highest BCUT2D eigenvalue weighted by atomic mass is 16.7. The fourth-order valence-corrected chi connectivity index (χ4v) is 2.74. The van der Waals surface area contributed by atoms with Crippen molar-refractivity contribution in [3.05, 3.63) is 12.2 Å². The molecule has 1 aliphatic heterocycles. The first-order valence-corrected chi connectivity index (χ1v) is 9.67. The molecule has 12 heteroatoms. The van der Waals surface area contributed by atoms with E-state index in [2.05, 4.69) is 6.58 Å². The van der Waals surface area contributed by atoms with Crippen molar-refractivity contribution in [1.29, 1.82) is 0 Å². The molecule has 32 heavy (non-hydrogen) atoms. The van der Waals surface area contributed by atoms with Crippen molar-refractivity contribution in [3.63, 3.8) is 0 Å². The van der Waals surface area contributed by atoms with Crippen molar-refractivity contribution in [2.45, 2.75) is 65.3 Å². The molecule has 5 atom stereocenters. The summed E-state index contributed by atoms with van der Waals surface area (Å²) in [4.78, 5) is 57.8. The topological polar surface area (TPSA) is 150 Å². The second-order valence-electron chi connectivity index (χ2n) is 6.85. The summed E-state index contributed by atoms with van der Waals surface area (Å²) in [5, 5.41) is 0. The van der Waals surface area contributed by atoms with Gasteiger partial charge < -0.3 is 33.2 Å². The second kappa shape index (κ2) is 12.8. The molecular weight excluding hydrogens is 432 g/mol. The van der Waals surface area contributed by atoms with Crippen LogP contribution in [0.25, 0.3) is 0 Å². The molecule has 180 valence electrons. The van der Waals surface area contributed by atoms with Gasteiger partial charge in [0, 0.05) is 33.3 Å². The molecular formula is C20H28O12. The highest BCUT2D eigenvalue weighted by Gasteiger charge is 2.52. The third kappa shape index (κ3) is 9.02. The van der Waals surface area contributed by atoms with Gasteiger partial charge in [-0.05, 0) is 6.92 Å². The molecule has 0 bridgehead atoms. The van der Waals surface area contributed by atoms with Gasteiger partial charge in [0.05, 0.1) is 6.61 Å². The molecule has 1 heterocycles. The van der Waals surface area contributed by atoms with Crippen LogP contribution in [0.3, 0.4) is 0 Å². The molecule has 0 aromatic heterocycles. The summed E-state index contributed by atoms with van der Waals surface area (Å²) in [7, 11) is 0. The minimum Gasteiger partial charge on any atom is -0.463 e. The minimum absolute atomic E-state index is 0.182. The first kappa shape index (κ1) is 27.0. The van der Waals surface area contributed by atoms with E-state index in [1.54, 1.807) is 0 Å². The number of hydrogen-bond acceptors (Lipinski definition) is 12. The Labute approximate surface area is 185 Å².